The molecule has 0 bridgehead atoms. The number of amides is 1. The molecule has 26 heavy (non-hydrogen) atoms. The van der Waals surface area contributed by atoms with Crippen molar-refractivity contribution < 1.29 is 17.9 Å². The normalized spacial score (nSPS) is 23.0. The summed E-state index contributed by atoms with van der Waals surface area (Å²) in [5, 5.41) is 4.15. The van der Waals surface area contributed by atoms with E-state index in [2.05, 4.69) is 15.4 Å². The zero-order chi connectivity index (χ0) is 18.6. The molecule has 2 aliphatic rings. The minimum absolute atomic E-state index is 0.0942. The van der Waals surface area contributed by atoms with Gasteiger partial charge in [-0.05, 0) is 37.0 Å². The summed E-state index contributed by atoms with van der Waals surface area (Å²) in [6.45, 7) is 5.11. The summed E-state index contributed by atoms with van der Waals surface area (Å²) in [5.74, 6) is -0.0471. The number of hydrogen-bond donors (Lipinski definition) is 1. The molecule has 0 radical (unpaired) electrons. The topological polar surface area (TPSA) is 88.1 Å². The molecule has 2 heterocycles. The monoisotopic (exact) mass is 379 g/mol. The summed E-state index contributed by atoms with van der Waals surface area (Å²) in [5.41, 5.74) is 5.34. The Bertz CT molecular complexity index is 768. The maximum absolute atomic E-state index is 12.0. The highest BCUT2D eigenvalue weighted by Crippen LogP contribution is 2.21. The van der Waals surface area contributed by atoms with Crippen molar-refractivity contribution in [3.63, 3.8) is 0 Å². The lowest BCUT2D eigenvalue weighted by Gasteiger charge is -2.28. The van der Waals surface area contributed by atoms with Crippen LogP contribution in [-0.4, -0.2) is 57.8 Å². The van der Waals surface area contributed by atoms with E-state index < -0.39 is 9.84 Å². The molecular weight excluding hydrogens is 354 g/mol. The number of ether oxygens (including phenoxy) is 1. The van der Waals surface area contributed by atoms with Crippen LogP contribution in [0.15, 0.2) is 29.4 Å². The fraction of sp³-hybridized carbons (Fsp3) is 0.556. The number of morpholine rings is 1. The molecule has 8 heteroatoms. The molecule has 1 amide bonds. The zero-order valence-electron chi connectivity index (χ0n) is 15.0. The van der Waals surface area contributed by atoms with Gasteiger partial charge >= 0.3 is 0 Å². The van der Waals surface area contributed by atoms with Crippen LogP contribution in [-0.2, 0) is 19.4 Å². The Kier molecular flexibility index (Phi) is 5.93. The van der Waals surface area contributed by atoms with Crippen molar-refractivity contribution >= 4 is 27.1 Å². The lowest BCUT2D eigenvalue weighted by Crippen LogP contribution is -2.36. The lowest BCUT2D eigenvalue weighted by molar-refractivity contribution is -0.121. The van der Waals surface area contributed by atoms with Crippen molar-refractivity contribution in [2.24, 2.45) is 11.0 Å². The summed E-state index contributed by atoms with van der Waals surface area (Å²) in [7, 11) is -2.96. The Morgan fingerprint density at radius 3 is 2.58 bits per heavy atom. The number of carbonyl (C=O) groups excluding carboxylic acids is 1. The van der Waals surface area contributed by atoms with Crippen LogP contribution in [0.1, 0.15) is 25.3 Å². The highest BCUT2D eigenvalue weighted by Gasteiger charge is 2.29. The Morgan fingerprint density at radius 2 is 1.96 bits per heavy atom. The summed E-state index contributed by atoms with van der Waals surface area (Å²) in [4.78, 5) is 14.2. The van der Waals surface area contributed by atoms with Crippen molar-refractivity contribution in [2.45, 2.75) is 19.8 Å². The molecule has 0 aromatic heterocycles. The first-order chi connectivity index (χ1) is 12.4. The van der Waals surface area contributed by atoms with Gasteiger partial charge in [-0.2, -0.15) is 5.10 Å². The number of sulfone groups is 1. The molecule has 142 valence electrons. The number of hydrogen-bond acceptors (Lipinski definition) is 6. The van der Waals surface area contributed by atoms with Crippen LogP contribution in [0.3, 0.4) is 0 Å². The molecule has 0 spiro atoms. The third kappa shape index (κ3) is 5.04. The van der Waals surface area contributed by atoms with Gasteiger partial charge in [0.05, 0.1) is 30.4 Å². The summed E-state index contributed by atoms with van der Waals surface area (Å²) in [6, 6.07) is 8.06. The number of carbonyl (C=O) groups is 1. The van der Waals surface area contributed by atoms with Crippen LogP contribution >= 0.6 is 0 Å². The molecule has 1 N–H and O–H groups in total. The standard InChI is InChI=1S/C18H25N3O4S/c1-14(19-20-18(22)12-15-6-11-26(23,24)13-15)16-2-4-17(5-3-16)21-7-9-25-10-8-21/h2-5,15H,6-13H2,1H3,(H,20,22)/b19-14-/t15-/m1/s1. The Morgan fingerprint density at radius 1 is 1.27 bits per heavy atom. The second-order valence-corrected chi connectivity index (χ2v) is 9.08. The SMILES string of the molecule is C/C(=N/NC(=O)C[C@H]1CCS(=O)(=O)C1)c1ccc(N2CCOCC2)cc1. The van der Waals surface area contributed by atoms with Gasteiger partial charge in [-0.1, -0.05) is 12.1 Å². The molecular formula is C18H25N3O4S. The molecule has 1 atom stereocenters. The van der Waals surface area contributed by atoms with Crippen LogP contribution in [0.25, 0.3) is 0 Å². The largest absolute Gasteiger partial charge is 0.378 e. The number of nitrogens with zero attached hydrogens (tertiary/aromatic N) is 2. The van der Waals surface area contributed by atoms with Crippen molar-refractivity contribution in [3.8, 4) is 0 Å². The van der Waals surface area contributed by atoms with Gasteiger partial charge in [0.25, 0.3) is 0 Å². The van der Waals surface area contributed by atoms with Crippen LogP contribution in [0.4, 0.5) is 5.69 Å². The third-order valence-electron chi connectivity index (χ3n) is 4.81. The molecule has 0 saturated carbocycles. The van der Waals surface area contributed by atoms with Crippen LogP contribution in [0.5, 0.6) is 0 Å². The zero-order valence-corrected chi connectivity index (χ0v) is 15.8. The van der Waals surface area contributed by atoms with Gasteiger partial charge in [0.15, 0.2) is 9.84 Å². The second kappa shape index (κ2) is 8.18. The van der Waals surface area contributed by atoms with Gasteiger partial charge in [-0.15, -0.1) is 0 Å². The predicted molar refractivity (Wildman–Crippen MR) is 101 cm³/mol. The van der Waals surface area contributed by atoms with Gasteiger partial charge in [0.2, 0.25) is 5.91 Å². The van der Waals surface area contributed by atoms with Crippen molar-refractivity contribution in [2.75, 3.05) is 42.7 Å². The van der Waals surface area contributed by atoms with E-state index in [1.165, 1.54) is 0 Å². The number of anilines is 1. The average Bonchev–Trinajstić information content (AvgIpc) is 2.99. The summed E-state index contributed by atoms with van der Waals surface area (Å²) >= 11 is 0. The minimum Gasteiger partial charge on any atom is -0.378 e. The lowest BCUT2D eigenvalue weighted by atomic mass is 10.1. The van der Waals surface area contributed by atoms with E-state index >= 15 is 0 Å². The van der Waals surface area contributed by atoms with Gasteiger partial charge in [-0.25, -0.2) is 13.8 Å². The van der Waals surface area contributed by atoms with Gasteiger partial charge in [0.1, 0.15) is 0 Å². The van der Waals surface area contributed by atoms with Crippen LogP contribution in [0, 0.1) is 5.92 Å². The van der Waals surface area contributed by atoms with Gasteiger partial charge in [0, 0.05) is 25.2 Å². The smallest absolute Gasteiger partial charge is 0.240 e. The van der Waals surface area contributed by atoms with E-state index in [-0.39, 0.29) is 29.8 Å². The quantitative estimate of drug-likeness (QED) is 0.613. The van der Waals surface area contributed by atoms with Crippen LogP contribution in [0.2, 0.25) is 0 Å². The Hall–Kier alpha value is -1.93. The highest BCUT2D eigenvalue weighted by molar-refractivity contribution is 7.91. The molecule has 3 rings (SSSR count). The highest BCUT2D eigenvalue weighted by atomic mass is 32.2. The van der Waals surface area contributed by atoms with E-state index in [1.807, 2.05) is 31.2 Å². The molecule has 0 aliphatic carbocycles. The molecule has 1 aromatic rings. The number of benzene rings is 1. The predicted octanol–water partition coefficient (Wildman–Crippen LogP) is 1.19. The maximum Gasteiger partial charge on any atom is 0.240 e. The van der Waals surface area contributed by atoms with E-state index in [0.29, 0.717) is 12.1 Å². The first-order valence-corrected chi connectivity index (χ1v) is 10.7. The fourth-order valence-corrected chi connectivity index (χ4v) is 5.15. The number of hydrazone groups is 1. The third-order valence-corrected chi connectivity index (χ3v) is 6.65. The average molecular weight is 379 g/mol. The van der Waals surface area contributed by atoms with E-state index in [0.717, 1.165) is 37.6 Å². The maximum atomic E-state index is 12.0. The van der Waals surface area contributed by atoms with E-state index in [9.17, 15) is 13.2 Å². The molecule has 1 aromatic carbocycles. The van der Waals surface area contributed by atoms with E-state index in [1.54, 1.807) is 0 Å². The number of nitrogens with one attached hydrogen (secondary N) is 1. The number of rotatable bonds is 5. The fourth-order valence-electron chi connectivity index (χ4n) is 3.29. The molecule has 2 saturated heterocycles. The van der Waals surface area contributed by atoms with Gasteiger partial charge in [-0.3, -0.25) is 4.79 Å². The van der Waals surface area contributed by atoms with Crippen LogP contribution < -0.4 is 10.3 Å². The summed E-state index contributed by atoms with van der Waals surface area (Å²) < 4.78 is 28.3. The first kappa shape index (κ1) is 18.8. The molecule has 2 aliphatic heterocycles. The minimum atomic E-state index is -2.96. The molecule has 2 fully saturated rings. The Labute approximate surface area is 154 Å². The first-order valence-electron chi connectivity index (χ1n) is 8.90. The second-order valence-electron chi connectivity index (χ2n) is 6.85. The summed E-state index contributed by atoms with van der Waals surface area (Å²) in [6.07, 6.45) is 0.757. The van der Waals surface area contributed by atoms with Crippen molar-refractivity contribution in [3.05, 3.63) is 29.8 Å². The van der Waals surface area contributed by atoms with Crippen molar-refractivity contribution in [1.29, 1.82) is 0 Å². The van der Waals surface area contributed by atoms with Crippen molar-refractivity contribution in [1.82, 2.24) is 5.43 Å². The molecule has 0 unspecified atom stereocenters. The Balaban J connectivity index is 1.53. The molecule has 7 nitrogen and oxygen atoms in total. The van der Waals surface area contributed by atoms with E-state index in [4.69, 9.17) is 4.74 Å². The van der Waals surface area contributed by atoms with Gasteiger partial charge < -0.3 is 9.64 Å².